The van der Waals surface area contributed by atoms with Gasteiger partial charge in [0, 0.05) is 5.92 Å². The molecular weight excluding hydrogens is 196 g/mol. The molecule has 0 aliphatic rings. The van der Waals surface area contributed by atoms with Gasteiger partial charge in [-0.1, -0.05) is 48.5 Å². The van der Waals surface area contributed by atoms with Crippen LogP contribution in [0.5, 0.6) is 0 Å². The number of rotatable bonds is 7. The average molecular weight is 226 g/mol. The van der Waals surface area contributed by atoms with E-state index in [-0.39, 0.29) is 0 Å². The van der Waals surface area contributed by atoms with Gasteiger partial charge in [0.15, 0.2) is 0 Å². The van der Waals surface area contributed by atoms with E-state index >= 15 is 0 Å². The standard InChI is InChI=1S/C15H30O/c1-8-14(12(4)5)16-15(13(6)7)10-9-11(2)3/h10-14H,8-9H2,1-7H3. The van der Waals surface area contributed by atoms with Gasteiger partial charge >= 0.3 is 0 Å². The van der Waals surface area contributed by atoms with Crippen LogP contribution in [0.3, 0.4) is 0 Å². The Labute approximate surface area is 102 Å². The highest BCUT2D eigenvalue weighted by Gasteiger charge is 2.15. The molecule has 0 aromatic heterocycles. The minimum atomic E-state index is 0.362. The van der Waals surface area contributed by atoms with Gasteiger partial charge in [-0.3, -0.25) is 0 Å². The maximum absolute atomic E-state index is 6.13. The average Bonchev–Trinajstić information content (AvgIpc) is 2.16. The molecular formula is C15H30O. The molecule has 0 aliphatic heterocycles. The van der Waals surface area contributed by atoms with Crippen molar-refractivity contribution in [1.82, 2.24) is 0 Å². The Morgan fingerprint density at radius 3 is 1.94 bits per heavy atom. The van der Waals surface area contributed by atoms with Crippen LogP contribution in [0.25, 0.3) is 0 Å². The SMILES string of the molecule is CCC(OC(=CCC(C)C)C(C)C)C(C)C. The second kappa shape index (κ2) is 7.76. The highest BCUT2D eigenvalue weighted by Crippen LogP contribution is 2.21. The lowest BCUT2D eigenvalue weighted by Crippen LogP contribution is -2.20. The maximum atomic E-state index is 6.13. The zero-order chi connectivity index (χ0) is 12.7. The van der Waals surface area contributed by atoms with E-state index in [1.165, 1.54) is 5.76 Å². The summed E-state index contributed by atoms with van der Waals surface area (Å²) in [4.78, 5) is 0. The largest absolute Gasteiger partial charge is 0.495 e. The van der Waals surface area contributed by atoms with Gasteiger partial charge in [0.2, 0.25) is 0 Å². The Morgan fingerprint density at radius 1 is 1.06 bits per heavy atom. The predicted molar refractivity (Wildman–Crippen MR) is 72.4 cm³/mol. The number of hydrogen-bond donors (Lipinski definition) is 0. The molecule has 96 valence electrons. The number of ether oxygens (including phenoxy) is 1. The van der Waals surface area contributed by atoms with Gasteiger partial charge in [0.05, 0.1) is 5.76 Å². The zero-order valence-corrected chi connectivity index (χ0v) is 12.2. The van der Waals surface area contributed by atoms with Crippen molar-refractivity contribution in [3.63, 3.8) is 0 Å². The molecule has 0 heterocycles. The Morgan fingerprint density at radius 2 is 1.62 bits per heavy atom. The maximum Gasteiger partial charge on any atom is 0.100 e. The lowest BCUT2D eigenvalue weighted by Gasteiger charge is -2.25. The minimum absolute atomic E-state index is 0.362. The van der Waals surface area contributed by atoms with Gasteiger partial charge in [-0.25, -0.2) is 0 Å². The fourth-order valence-electron chi connectivity index (χ4n) is 1.64. The van der Waals surface area contributed by atoms with Crippen molar-refractivity contribution < 1.29 is 4.74 Å². The van der Waals surface area contributed by atoms with Crippen LogP contribution in [0.4, 0.5) is 0 Å². The van der Waals surface area contributed by atoms with Crippen molar-refractivity contribution in [1.29, 1.82) is 0 Å². The molecule has 0 bridgehead atoms. The fourth-order valence-corrected chi connectivity index (χ4v) is 1.64. The lowest BCUT2D eigenvalue weighted by atomic mass is 10.0. The normalized spacial score (nSPS) is 15.0. The van der Waals surface area contributed by atoms with Crippen molar-refractivity contribution >= 4 is 0 Å². The van der Waals surface area contributed by atoms with Crippen LogP contribution in [0.2, 0.25) is 0 Å². The summed E-state index contributed by atoms with van der Waals surface area (Å²) in [5.41, 5.74) is 0. The predicted octanol–water partition coefficient (Wildman–Crippen LogP) is 5.02. The van der Waals surface area contributed by atoms with Crippen molar-refractivity contribution in [2.75, 3.05) is 0 Å². The molecule has 0 amide bonds. The minimum Gasteiger partial charge on any atom is -0.495 e. The first-order valence-corrected chi connectivity index (χ1v) is 6.75. The number of allylic oxidation sites excluding steroid dienone is 2. The Balaban J connectivity index is 4.48. The molecule has 0 saturated carbocycles. The molecule has 0 spiro atoms. The van der Waals surface area contributed by atoms with Crippen LogP contribution in [0.1, 0.15) is 61.3 Å². The summed E-state index contributed by atoms with van der Waals surface area (Å²) in [6.45, 7) is 15.6. The smallest absolute Gasteiger partial charge is 0.100 e. The van der Waals surface area contributed by atoms with E-state index in [4.69, 9.17) is 4.74 Å². The third-order valence-electron chi connectivity index (χ3n) is 2.79. The van der Waals surface area contributed by atoms with Crippen molar-refractivity contribution in [3.8, 4) is 0 Å². The monoisotopic (exact) mass is 226 g/mol. The first-order valence-electron chi connectivity index (χ1n) is 6.75. The number of hydrogen-bond acceptors (Lipinski definition) is 1. The van der Waals surface area contributed by atoms with Crippen LogP contribution < -0.4 is 0 Å². The molecule has 0 rings (SSSR count). The second-order valence-electron chi connectivity index (χ2n) is 5.70. The molecule has 0 aromatic carbocycles. The summed E-state index contributed by atoms with van der Waals surface area (Å²) in [5, 5.41) is 0. The summed E-state index contributed by atoms with van der Waals surface area (Å²) < 4.78 is 6.13. The summed E-state index contributed by atoms with van der Waals surface area (Å²) in [5.74, 6) is 2.96. The molecule has 1 atom stereocenters. The topological polar surface area (TPSA) is 9.23 Å². The Bertz CT molecular complexity index is 201. The van der Waals surface area contributed by atoms with Crippen LogP contribution >= 0.6 is 0 Å². The van der Waals surface area contributed by atoms with E-state index < -0.39 is 0 Å². The van der Waals surface area contributed by atoms with Crippen molar-refractivity contribution in [2.45, 2.75) is 67.4 Å². The molecule has 0 N–H and O–H groups in total. The highest BCUT2D eigenvalue weighted by molar-refractivity contribution is 4.97. The highest BCUT2D eigenvalue weighted by atomic mass is 16.5. The Hall–Kier alpha value is -0.460. The van der Waals surface area contributed by atoms with Gasteiger partial charge in [-0.2, -0.15) is 0 Å². The molecule has 1 heteroatoms. The summed E-state index contributed by atoms with van der Waals surface area (Å²) in [6.07, 6.45) is 4.84. The van der Waals surface area contributed by atoms with Crippen LogP contribution in [-0.4, -0.2) is 6.10 Å². The van der Waals surface area contributed by atoms with Crippen molar-refractivity contribution in [2.24, 2.45) is 17.8 Å². The van der Waals surface area contributed by atoms with Gasteiger partial charge in [-0.05, 0) is 30.8 Å². The van der Waals surface area contributed by atoms with E-state index in [1.807, 2.05) is 0 Å². The van der Waals surface area contributed by atoms with E-state index in [2.05, 4.69) is 54.5 Å². The zero-order valence-electron chi connectivity index (χ0n) is 12.2. The summed E-state index contributed by atoms with van der Waals surface area (Å²) in [7, 11) is 0. The molecule has 0 fully saturated rings. The van der Waals surface area contributed by atoms with Crippen LogP contribution in [0, 0.1) is 17.8 Å². The van der Waals surface area contributed by atoms with E-state index in [0.29, 0.717) is 23.9 Å². The third-order valence-corrected chi connectivity index (χ3v) is 2.79. The second-order valence-corrected chi connectivity index (χ2v) is 5.70. The summed E-state index contributed by atoms with van der Waals surface area (Å²) in [6, 6.07) is 0. The molecule has 16 heavy (non-hydrogen) atoms. The van der Waals surface area contributed by atoms with Gasteiger partial charge < -0.3 is 4.74 Å². The van der Waals surface area contributed by atoms with Gasteiger partial charge in [0.1, 0.15) is 6.10 Å². The lowest BCUT2D eigenvalue weighted by molar-refractivity contribution is 0.0583. The van der Waals surface area contributed by atoms with Crippen LogP contribution in [-0.2, 0) is 4.74 Å². The van der Waals surface area contributed by atoms with E-state index in [9.17, 15) is 0 Å². The first-order chi connectivity index (χ1) is 7.38. The molecule has 0 saturated heterocycles. The van der Waals surface area contributed by atoms with Gasteiger partial charge in [0.25, 0.3) is 0 Å². The van der Waals surface area contributed by atoms with E-state index in [0.717, 1.165) is 12.8 Å². The first kappa shape index (κ1) is 15.5. The molecule has 0 aliphatic carbocycles. The van der Waals surface area contributed by atoms with Crippen LogP contribution in [0.15, 0.2) is 11.8 Å². The fraction of sp³-hybridized carbons (Fsp3) is 0.867. The van der Waals surface area contributed by atoms with Gasteiger partial charge in [-0.15, -0.1) is 0 Å². The third kappa shape index (κ3) is 6.19. The molecule has 1 nitrogen and oxygen atoms in total. The van der Waals surface area contributed by atoms with Crippen molar-refractivity contribution in [3.05, 3.63) is 11.8 Å². The quantitative estimate of drug-likeness (QED) is 0.554. The van der Waals surface area contributed by atoms with E-state index in [1.54, 1.807) is 0 Å². The Kier molecular flexibility index (Phi) is 7.53. The molecule has 0 aromatic rings. The molecule has 1 unspecified atom stereocenters. The summed E-state index contributed by atoms with van der Waals surface area (Å²) >= 11 is 0. The molecule has 0 radical (unpaired) electrons.